The Kier molecular flexibility index (Phi) is 11.0. The van der Waals surface area contributed by atoms with E-state index in [1.54, 1.807) is 11.9 Å². The summed E-state index contributed by atoms with van der Waals surface area (Å²) >= 11 is 0. The average Bonchev–Trinajstić information content (AvgIpc) is 2.36. The fourth-order valence-electron chi connectivity index (χ4n) is 1.42. The summed E-state index contributed by atoms with van der Waals surface area (Å²) in [5.74, 6) is -0.0667. The second-order valence-electron chi connectivity index (χ2n) is 4.12. The molecule has 0 aromatic heterocycles. The van der Waals surface area contributed by atoms with E-state index in [1.807, 2.05) is 6.92 Å². The van der Waals surface area contributed by atoms with Crippen LogP contribution in [0.5, 0.6) is 0 Å². The van der Waals surface area contributed by atoms with Gasteiger partial charge in [0.25, 0.3) is 0 Å². The lowest BCUT2D eigenvalue weighted by molar-refractivity contribution is -0.122. The summed E-state index contributed by atoms with van der Waals surface area (Å²) in [5, 5.41) is 21.1. The molecule has 0 aromatic rings. The van der Waals surface area contributed by atoms with Crippen molar-refractivity contribution in [2.75, 3.05) is 40.0 Å². The first-order valence-electron chi connectivity index (χ1n) is 6.45. The predicted octanol–water partition coefficient (Wildman–Crippen LogP) is -0.448. The predicted molar refractivity (Wildman–Crippen MR) is 69.1 cm³/mol. The van der Waals surface area contributed by atoms with E-state index in [0.717, 1.165) is 6.42 Å². The van der Waals surface area contributed by atoms with Gasteiger partial charge in [-0.1, -0.05) is 0 Å². The molecule has 6 nitrogen and oxygen atoms in total. The van der Waals surface area contributed by atoms with Gasteiger partial charge < -0.3 is 20.3 Å². The lowest BCUT2D eigenvalue weighted by Gasteiger charge is -2.22. The zero-order valence-corrected chi connectivity index (χ0v) is 11.4. The minimum atomic E-state index is -0.689. The van der Waals surface area contributed by atoms with Crippen LogP contribution in [0.3, 0.4) is 0 Å². The van der Waals surface area contributed by atoms with Crippen LogP contribution in [0.1, 0.15) is 26.2 Å². The summed E-state index contributed by atoms with van der Waals surface area (Å²) in [6.45, 7) is 4.27. The molecule has 108 valence electrons. The number of aliphatic hydroxyl groups excluding tert-OH is 2. The van der Waals surface area contributed by atoms with Gasteiger partial charge in [0.2, 0.25) is 5.91 Å². The highest BCUT2D eigenvalue weighted by atomic mass is 16.5. The van der Waals surface area contributed by atoms with Crippen molar-refractivity contribution in [3.63, 3.8) is 0 Å². The molecule has 1 unspecified atom stereocenters. The van der Waals surface area contributed by atoms with Crippen LogP contribution >= 0.6 is 0 Å². The topological polar surface area (TPSA) is 82.0 Å². The Labute approximate surface area is 109 Å². The number of hydrogen-bond donors (Lipinski definition) is 3. The summed E-state index contributed by atoms with van der Waals surface area (Å²) < 4.78 is 5.15. The lowest BCUT2D eigenvalue weighted by atomic mass is 10.2. The summed E-state index contributed by atoms with van der Waals surface area (Å²) in [6.07, 6.45) is 0.762. The van der Waals surface area contributed by atoms with Crippen LogP contribution in [-0.2, 0) is 9.53 Å². The van der Waals surface area contributed by atoms with E-state index in [-0.39, 0.29) is 18.9 Å². The Balaban J connectivity index is 3.51. The molecule has 1 amide bonds. The summed E-state index contributed by atoms with van der Waals surface area (Å²) in [4.78, 5) is 13.0. The number of nitrogens with zero attached hydrogens (tertiary/aromatic N) is 1. The molecule has 0 aliphatic rings. The first-order valence-corrected chi connectivity index (χ1v) is 6.45. The van der Waals surface area contributed by atoms with Crippen LogP contribution < -0.4 is 5.32 Å². The molecule has 0 aliphatic heterocycles. The third kappa shape index (κ3) is 9.35. The second kappa shape index (κ2) is 11.4. The van der Waals surface area contributed by atoms with Crippen molar-refractivity contribution in [1.82, 2.24) is 10.2 Å². The molecular formula is C12H26N2O4. The molecular weight excluding hydrogens is 236 g/mol. The first kappa shape index (κ1) is 17.3. The van der Waals surface area contributed by atoms with Crippen LogP contribution in [0.25, 0.3) is 0 Å². The Bertz CT molecular complexity index is 214. The molecule has 0 fully saturated rings. The normalized spacial score (nSPS) is 12.7. The first-order chi connectivity index (χ1) is 8.61. The van der Waals surface area contributed by atoms with Crippen molar-refractivity contribution < 1.29 is 19.7 Å². The summed E-state index contributed by atoms with van der Waals surface area (Å²) in [5.41, 5.74) is 0. The van der Waals surface area contributed by atoms with Crippen molar-refractivity contribution in [3.05, 3.63) is 0 Å². The zero-order valence-electron chi connectivity index (χ0n) is 11.4. The quantitative estimate of drug-likeness (QED) is 0.347. The van der Waals surface area contributed by atoms with E-state index < -0.39 is 6.23 Å². The highest BCUT2D eigenvalue weighted by Crippen LogP contribution is 2.01. The molecule has 0 rings (SSSR count). The molecule has 0 aromatic carbocycles. The number of carbonyl (C=O) groups is 1. The standard InChI is InChI=1S/C12H26N2O4/c1-3-18-10-4-7-13-11(16)5-6-12(17)14(2)8-9-15/h12,15,17H,3-10H2,1-2H3,(H,13,16). The molecule has 18 heavy (non-hydrogen) atoms. The van der Waals surface area contributed by atoms with Crippen LogP contribution in [-0.4, -0.2) is 67.2 Å². The molecule has 3 N–H and O–H groups in total. The van der Waals surface area contributed by atoms with Gasteiger partial charge in [0.05, 0.1) is 6.61 Å². The lowest BCUT2D eigenvalue weighted by Crippen LogP contribution is -2.35. The van der Waals surface area contributed by atoms with Gasteiger partial charge in [0, 0.05) is 32.7 Å². The van der Waals surface area contributed by atoms with Crippen molar-refractivity contribution in [2.45, 2.75) is 32.4 Å². The SMILES string of the molecule is CCOCCCNC(=O)CCC(O)N(C)CCO. The van der Waals surface area contributed by atoms with Crippen molar-refractivity contribution in [3.8, 4) is 0 Å². The van der Waals surface area contributed by atoms with Crippen LogP contribution in [0.4, 0.5) is 0 Å². The molecule has 1 atom stereocenters. The van der Waals surface area contributed by atoms with Gasteiger partial charge in [-0.25, -0.2) is 0 Å². The van der Waals surface area contributed by atoms with Crippen LogP contribution in [0.2, 0.25) is 0 Å². The molecule has 6 heteroatoms. The van der Waals surface area contributed by atoms with E-state index >= 15 is 0 Å². The van der Waals surface area contributed by atoms with Crippen molar-refractivity contribution >= 4 is 5.91 Å². The van der Waals surface area contributed by atoms with Gasteiger partial charge in [-0.15, -0.1) is 0 Å². The molecule has 0 saturated carbocycles. The van der Waals surface area contributed by atoms with E-state index in [2.05, 4.69) is 5.32 Å². The third-order valence-corrected chi connectivity index (χ3v) is 2.58. The maximum absolute atomic E-state index is 11.4. The maximum atomic E-state index is 11.4. The summed E-state index contributed by atoms with van der Waals surface area (Å²) in [6, 6.07) is 0. The number of amides is 1. The highest BCUT2D eigenvalue weighted by Gasteiger charge is 2.12. The number of carbonyl (C=O) groups excluding carboxylic acids is 1. The Morgan fingerprint density at radius 2 is 2.22 bits per heavy atom. The number of aliphatic hydroxyl groups is 2. The van der Waals surface area contributed by atoms with Gasteiger partial charge in [-0.2, -0.15) is 0 Å². The molecule has 0 aliphatic carbocycles. The molecule has 0 radical (unpaired) electrons. The molecule has 0 bridgehead atoms. The van der Waals surface area contributed by atoms with Crippen LogP contribution in [0.15, 0.2) is 0 Å². The summed E-state index contributed by atoms with van der Waals surface area (Å²) in [7, 11) is 1.71. The Hall–Kier alpha value is -0.690. The zero-order chi connectivity index (χ0) is 13.8. The smallest absolute Gasteiger partial charge is 0.220 e. The largest absolute Gasteiger partial charge is 0.395 e. The number of likely N-dealkylation sites (N-methyl/N-ethyl adjacent to an activating group) is 1. The fourth-order valence-corrected chi connectivity index (χ4v) is 1.42. The molecule has 0 saturated heterocycles. The molecule has 0 spiro atoms. The van der Waals surface area contributed by atoms with E-state index in [1.165, 1.54) is 0 Å². The van der Waals surface area contributed by atoms with Crippen LogP contribution in [0, 0.1) is 0 Å². The minimum Gasteiger partial charge on any atom is -0.395 e. The van der Waals surface area contributed by atoms with Gasteiger partial charge in [-0.3, -0.25) is 9.69 Å². The monoisotopic (exact) mass is 262 g/mol. The van der Waals surface area contributed by atoms with Gasteiger partial charge in [0.1, 0.15) is 6.23 Å². The van der Waals surface area contributed by atoms with E-state index in [4.69, 9.17) is 9.84 Å². The highest BCUT2D eigenvalue weighted by molar-refractivity contribution is 5.75. The van der Waals surface area contributed by atoms with E-state index in [0.29, 0.717) is 32.7 Å². The Morgan fingerprint density at radius 1 is 1.50 bits per heavy atom. The minimum absolute atomic E-state index is 0.00279. The van der Waals surface area contributed by atoms with Gasteiger partial charge >= 0.3 is 0 Å². The molecule has 0 heterocycles. The Morgan fingerprint density at radius 3 is 2.83 bits per heavy atom. The van der Waals surface area contributed by atoms with E-state index in [9.17, 15) is 9.90 Å². The number of hydrogen-bond acceptors (Lipinski definition) is 5. The van der Waals surface area contributed by atoms with Crippen molar-refractivity contribution in [2.24, 2.45) is 0 Å². The van der Waals surface area contributed by atoms with Gasteiger partial charge in [-0.05, 0) is 26.8 Å². The number of nitrogens with one attached hydrogen (secondary N) is 1. The van der Waals surface area contributed by atoms with Gasteiger partial charge in [0.15, 0.2) is 0 Å². The van der Waals surface area contributed by atoms with Crippen molar-refractivity contribution in [1.29, 1.82) is 0 Å². The number of ether oxygens (including phenoxy) is 1. The average molecular weight is 262 g/mol. The second-order valence-corrected chi connectivity index (χ2v) is 4.12. The third-order valence-electron chi connectivity index (χ3n) is 2.58. The number of rotatable bonds is 11. The fraction of sp³-hybridized carbons (Fsp3) is 0.917. The maximum Gasteiger partial charge on any atom is 0.220 e.